The smallest absolute Gasteiger partial charge is 0.119 e. The minimum atomic E-state index is 0.732. The van der Waals surface area contributed by atoms with Gasteiger partial charge in [0.05, 0.1) is 13.2 Å². The van der Waals surface area contributed by atoms with E-state index in [9.17, 15) is 0 Å². The first-order valence-electron chi connectivity index (χ1n) is 9.73. The first-order valence-corrected chi connectivity index (χ1v) is 9.73. The van der Waals surface area contributed by atoms with Crippen LogP contribution in [0.25, 0.3) is 0 Å². The first kappa shape index (κ1) is 21.3. The maximum absolute atomic E-state index is 5.76. The van der Waals surface area contributed by atoms with Crippen molar-refractivity contribution in [3.05, 3.63) is 59.7 Å². The number of benzene rings is 2. The van der Waals surface area contributed by atoms with Crippen LogP contribution in [0.15, 0.2) is 48.5 Å². The van der Waals surface area contributed by atoms with Crippen molar-refractivity contribution in [2.24, 2.45) is 0 Å². The van der Waals surface area contributed by atoms with Crippen molar-refractivity contribution in [1.29, 1.82) is 0 Å². The van der Waals surface area contributed by atoms with Gasteiger partial charge in [0.15, 0.2) is 0 Å². The molecule has 0 amide bonds. The van der Waals surface area contributed by atoms with Gasteiger partial charge in [0.1, 0.15) is 11.5 Å². The van der Waals surface area contributed by atoms with E-state index in [1.807, 2.05) is 24.3 Å². The van der Waals surface area contributed by atoms with E-state index in [4.69, 9.17) is 18.9 Å². The Morgan fingerprint density at radius 1 is 0.519 bits per heavy atom. The summed E-state index contributed by atoms with van der Waals surface area (Å²) in [6.45, 7) is 3.05. The predicted octanol–water partition coefficient (Wildman–Crippen LogP) is 4.89. The fraction of sp³-hybridized carbons (Fsp3) is 0.478. The summed E-state index contributed by atoms with van der Waals surface area (Å²) in [5.74, 6) is 1.85. The molecule has 0 atom stereocenters. The third-order valence-corrected chi connectivity index (χ3v) is 4.28. The summed E-state index contributed by atoms with van der Waals surface area (Å²) in [6.07, 6.45) is 4.98. The molecule has 0 heterocycles. The van der Waals surface area contributed by atoms with Gasteiger partial charge in [0, 0.05) is 27.4 Å². The normalized spacial score (nSPS) is 10.7. The molecular formula is C23H32O4. The Labute approximate surface area is 163 Å². The van der Waals surface area contributed by atoms with Gasteiger partial charge in [-0.15, -0.1) is 0 Å². The van der Waals surface area contributed by atoms with Crippen LogP contribution in [0.4, 0.5) is 0 Å². The number of hydrogen-bond acceptors (Lipinski definition) is 4. The summed E-state index contributed by atoms with van der Waals surface area (Å²) in [5.41, 5.74) is 2.55. The van der Waals surface area contributed by atoms with Crippen LogP contribution in [0.2, 0.25) is 0 Å². The Bertz CT molecular complexity index is 552. The molecule has 0 bridgehead atoms. The summed E-state index contributed by atoms with van der Waals surface area (Å²) in [4.78, 5) is 0. The fourth-order valence-corrected chi connectivity index (χ4v) is 2.72. The molecule has 4 heteroatoms. The molecule has 0 fully saturated rings. The fourth-order valence-electron chi connectivity index (χ4n) is 2.72. The molecule has 0 aliphatic rings. The van der Waals surface area contributed by atoms with Crippen LogP contribution in [0.1, 0.15) is 36.8 Å². The van der Waals surface area contributed by atoms with Gasteiger partial charge in [-0.25, -0.2) is 0 Å². The Morgan fingerprint density at radius 2 is 0.889 bits per heavy atom. The van der Waals surface area contributed by atoms with E-state index >= 15 is 0 Å². The zero-order chi connectivity index (χ0) is 19.2. The molecule has 0 radical (unpaired) electrons. The lowest BCUT2D eigenvalue weighted by Crippen LogP contribution is -2.00. The van der Waals surface area contributed by atoms with Crippen LogP contribution in [-0.4, -0.2) is 40.6 Å². The quantitative estimate of drug-likeness (QED) is 0.443. The van der Waals surface area contributed by atoms with Crippen molar-refractivity contribution in [2.45, 2.75) is 32.1 Å². The Morgan fingerprint density at radius 3 is 1.26 bits per heavy atom. The molecule has 0 unspecified atom stereocenters. The van der Waals surface area contributed by atoms with Crippen LogP contribution >= 0.6 is 0 Å². The molecule has 148 valence electrons. The number of methoxy groups -OCH3 is 2. The molecule has 27 heavy (non-hydrogen) atoms. The largest absolute Gasteiger partial charge is 0.494 e. The third-order valence-electron chi connectivity index (χ3n) is 4.28. The number of hydrogen-bond donors (Lipinski definition) is 0. The van der Waals surface area contributed by atoms with Gasteiger partial charge >= 0.3 is 0 Å². The standard InChI is InChI=1S/C23H32O4/c1-24-15-3-5-17-26-22-11-7-20(8-12-22)19-21-9-13-23(14-10-21)27-18-6-4-16-25-2/h7-14H,3-6,15-19H2,1-2H3. The van der Waals surface area contributed by atoms with Gasteiger partial charge in [-0.05, 0) is 67.5 Å². The minimum absolute atomic E-state index is 0.732. The summed E-state index contributed by atoms with van der Waals surface area (Å²) < 4.78 is 21.6. The maximum Gasteiger partial charge on any atom is 0.119 e. The van der Waals surface area contributed by atoms with E-state index < -0.39 is 0 Å². The summed E-state index contributed by atoms with van der Waals surface area (Å²) in [5, 5.41) is 0. The molecule has 0 saturated heterocycles. The molecule has 0 aliphatic carbocycles. The van der Waals surface area contributed by atoms with Crippen molar-refractivity contribution in [3.8, 4) is 11.5 Å². The monoisotopic (exact) mass is 372 g/mol. The van der Waals surface area contributed by atoms with E-state index in [1.54, 1.807) is 14.2 Å². The summed E-state index contributed by atoms with van der Waals surface area (Å²) >= 11 is 0. The van der Waals surface area contributed by atoms with E-state index in [2.05, 4.69) is 24.3 Å². The van der Waals surface area contributed by atoms with E-state index in [1.165, 1.54) is 11.1 Å². The van der Waals surface area contributed by atoms with Crippen molar-refractivity contribution in [3.63, 3.8) is 0 Å². The van der Waals surface area contributed by atoms with Crippen molar-refractivity contribution < 1.29 is 18.9 Å². The topological polar surface area (TPSA) is 36.9 Å². The molecule has 2 rings (SSSR count). The molecule has 0 aliphatic heterocycles. The van der Waals surface area contributed by atoms with E-state index in [0.717, 1.165) is 70.0 Å². The number of unbranched alkanes of at least 4 members (excludes halogenated alkanes) is 2. The SMILES string of the molecule is COCCCCOc1ccc(Cc2ccc(OCCCCOC)cc2)cc1. The highest BCUT2D eigenvalue weighted by atomic mass is 16.5. The summed E-state index contributed by atoms with van der Waals surface area (Å²) in [7, 11) is 3.45. The molecule has 4 nitrogen and oxygen atoms in total. The van der Waals surface area contributed by atoms with Gasteiger partial charge < -0.3 is 18.9 Å². The molecule has 2 aromatic rings. The Hall–Kier alpha value is -2.04. The Kier molecular flexibility index (Phi) is 10.4. The van der Waals surface area contributed by atoms with Crippen LogP contribution in [0.5, 0.6) is 11.5 Å². The van der Waals surface area contributed by atoms with Crippen molar-refractivity contribution >= 4 is 0 Å². The molecule has 0 spiro atoms. The second-order valence-corrected chi connectivity index (χ2v) is 6.56. The van der Waals surface area contributed by atoms with E-state index in [0.29, 0.717) is 0 Å². The van der Waals surface area contributed by atoms with Crippen LogP contribution < -0.4 is 9.47 Å². The highest BCUT2D eigenvalue weighted by Crippen LogP contribution is 2.18. The lowest BCUT2D eigenvalue weighted by atomic mass is 10.0. The highest BCUT2D eigenvalue weighted by molar-refractivity contribution is 5.34. The van der Waals surface area contributed by atoms with Gasteiger partial charge in [0.25, 0.3) is 0 Å². The zero-order valence-electron chi connectivity index (χ0n) is 16.6. The van der Waals surface area contributed by atoms with Crippen LogP contribution in [0.3, 0.4) is 0 Å². The zero-order valence-corrected chi connectivity index (χ0v) is 16.6. The van der Waals surface area contributed by atoms with E-state index in [-0.39, 0.29) is 0 Å². The number of rotatable bonds is 14. The molecule has 0 saturated carbocycles. The van der Waals surface area contributed by atoms with Crippen LogP contribution in [-0.2, 0) is 15.9 Å². The first-order chi connectivity index (χ1) is 13.3. The molecule has 2 aromatic carbocycles. The van der Waals surface area contributed by atoms with Crippen LogP contribution in [0, 0.1) is 0 Å². The highest BCUT2D eigenvalue weighted by Gasteiger charge is 2.00. The molecule has 0 aromatic heterocycles. The second kappa shape index (κ2) is 13.2. The van der Waals surface area contributed by atoms with Crippen molar-refractivity contribution in [1.82, 2.24) is 0 Å². The lowest BCUT2D eigenvalue weighted by molar-refractivity contribution is 0.184. The second-order valence-electron chi connectivity index (χ2n) is 6.56. The average Bonchev–Trinajstić information content (AvgIpc) is 2.70. The van der Waals surface area contributed by atoms with Gasteiger partial charge in [0.2, 0.25) is 0 Å². The number of ether oxygens (including phenoxy) is 4. The van der Waals surface area contributed by atoms with Crippen molar-refractivity contribution in [2.75, 3.05) is 40.6 Å². The lowest BCUT2D eigenvalue weighted by Gasteiger charge is -2.09. The van der Waals surface area contributed by atoms with Gasteiger partial charge in [-0.1, -0.05) is 24.3 Å². The minimum Gasteiger partial charge on any atom is -0.494 e. The average molecular weight is 373 g/mol. The predicted molar refractivity (Wildman–Crippen MR) is 109 cm³/mol. The Balaban J connectivity index is 1.71. The summed E-state index contributed by atoms with van der Waals surface area (Å²) in [6, 6.07) is 16.7. The third kappa shape index (κ3) is 8.94. The molecular weight excluding hydrogens is 340 g/mol. The van der Waals surface area contributed by atoms with Gasteiger partial charge in [-0.3, -0.25) is 0 Å². The maximum atomic E-state index is 5.76. The van der Waals surface area contributed by atoms with Gasteiger partial charge in [-0.2, -0.15) is 0 Å². The molecule has 0 N–H and O–H groups in total.